The molecule has 0 spiro atoms. The lowest BCUT2D eigenvalue weighted by molar-refractivity contribution is -0.138. The van der Waals surface area contributed by atoms with Crippen LogP contribution in [0.2, 0.25) is 0 Å². The van der Waals surface area contributed by atoms with Crippen LogP contribution in [0.1, 0.15) is 121 Å². The van der Waals surface area contributed by atoms with Gasteiger partial charge in [0.1, 0.15) is 0 Å². The van der Waals surface area contributed by atoms with Gasteiger partial charge >= 0.3 is 0 Å². The molecule has 0 radical (unpaired) electrons. The Kier molecular flexibility index (Phi) is 9.47. The zero-order chi connectivity index (χ0) is 27.4. The number of likely N-dealkylation sites (N-methyl/N-ethyl adjacent to an activating group) is 1. The second-order valence-electron chi connectivity index (χ2n) is 13.1. The lowest BCUT2D eigenvalue weighted by atomic mass is 9.77. The van der Waals surface area contributed by atoms with E-state index in [0.29, 0.717) is 23.8 Å². The van der Waals surface area contributed by atoms with E-state index in [-0.39, 0.29) is 5.92 Å². The van der Waals surface area contributed by atoms with Gasteiger partial charge in [-0.25, -0.2) is 9.50 Å². The third-order valence-corrected chi connectivity index (χ3v) is 9.96. The van der Waals surface area contributed by atoms with Gasteiger partial charge in [0.15, 0.2) is 0 Å². The minimum absolute atomic E-state index is 0.194. The van der Waals surface area contributed by atoms with Crippen molar-refractivity contribution in [3.05, 3.63) is 23.5 Å². The first kappa shape index (κ1) is 28.4. The number of piperazine rings is 1. The zero-order valence-corrected chi connectivity index (χ0v) is 25.0. The number of carbonyl (C=O) groups is 1. The van der Waals surface area contributed by atoms with Gasteiger partial charge in [0, 0.05) is 49.8 Å². The van der Waals surface area contributed by atoms with Crippen LogP contribution in [0.15, 0.2) is 12.3 Å². The highest BCUT2D eigenvalue weighted by molar-refractivity contribution is 5.79. The molecule has 1 amide bonds. The fraction of sp³-hybridized carbons (Fsp3) is 0.781. The summed E-state index contributed by atoms with van der Waals surface area (Å²) >= 11 is 0. The molecule has 2 aromatic heterocycles. The minimum Gasteiger partial charge on any atom is -0.351 e. The summed E-state index contributed by atoms with van der Waals surface area (Å²) < 4.78 is 2.24. The van der Waals surface area contributed by atoms with Crippen molar-refractivity contribution in [2.75, 3.05) is 38.5 Å². The number of unbranched alkanes of at least 4 members (excludes halogenated alkanes) is 2. The van der Waals surface area contributed by atoms with Crippen LogP contribution in [-0.4, -0.2) is 69.6 Å². The highest BCUT2D eigenvalue weighted by atomic mass is 16.2. The Labute approximate surface area is 236 Å². The molecule has 2 aliphatic carbocycles. The zero-order valence-electron chi connectivity index (χ0n) is 25.0. The van der Waals surface area contributed by atoms with Gasteiger partial charge < -0.3 is 15.1 Å². The van der Waals surface area contributed by atoms with Crippen molar-refractivity contribution in [2.24, 2.45) is 11.8 Å². The average Bonchev–Trinajstić information content (AvgIpc) is 3.32. The van der Waals surface area contributed by atoms with E-state index in [4.69, 9.17) is 10.1 Å². The number of aromatic nitrogens is 3. The molecule has 0 aromatic carbocycles. The molecule has 1 atom stereocenters. The van der Waals surface area contributed by atoms with Crippen molar-refractivity contribution < 1.29 is 4.79 Å². The van der Waals surface area contributed by atoms with Crippen molar-refractivity contribution in [3.63, 3.8) is 0 Å². The summed E-state index contributed by atoms with van der Waals surface area (Å²) in [5.41, 5.74) is 3.98. The maximum atomic E-state index is 13.2. The van der Waals surface area contributed by atoms with Crippen LogP contribution in [0.5, 0.6) is 0 Å². The van der Waals surface area contributed by atoms with E-state index in [2.05, 4.69) is 59.7 Å². The molecule has 1 saturated heterocycles. The summed E-state index contributed by atoms with van der Waals surface area (Å²) in [6.07, 6.45) is 16.3. The lowest BCUT2D eigenvalue weighted by Gasteiger charge is -2.36. The van der Waals surface area contributed by atoms with Crippen molar-refractivity contribution in [3.8, 4) is 0 Å². The van der Waals surface area contributed by atoms with Gasteiger partial charge in [-0.1, -0.05) is 46.0 Å². The normalized spacial score (nSPS) is 27.5. The van der Waals surface area contributed by atoms with E-state index in [0.717, 1.165) is 70.1 Å². The molecule has 3 aliphatic rings. The molecule has 0 bridgehead atoms. The highest BCUT2D eigenvalue weighted by Crippen LogP contribution is 2.42. The van der Waals surface area contributed by atoms with Crippen LogP contribution >= 0.6 is 0 Å². The molecular weight excluding hydrogens is 484 g/mol. The van der Waals surface area contributed by atoms with Crippen LogP contribution in [0, 0.1) is 11.8 Å². The topological polar surface area (TPSA) is 65.8 Å². The fourth-order valence-electron chi connectivity index (χ4n) is 7.21. The Morgan fingerprint density at radius 1 is 1.00 bits per heavy atom. The lowest BCUT2D eigenvalue weighted by Crippen LogP contribution is -2.49. The predicted octanol–water partition coefficient (Wildman–Crippen LogP) is 6.45. The maximum absolute atomic E-state index is 13.2. The predicted molar refractivity (Wildman–Crippen MR) is 159 cm³/mol. The Morgan fingerprint density at radius 3 is 2.38 bits per heavy atom. The third kappa shape index (κ3) is 6.78. The molecule has 7 heteroatoms. The summed E-state index contributed by atoms with van der Waals surface area (Å²) in [6.45, 7) is 10.6. The van der Waals surface area contributed by atoms with E-state index in [1.165, 1.54) is 61.7 Å². The quantitative estimate of drug-likeness (QED) is 0.373. The fourth-order valence-corrected chi connectivity index (χ4v) is 7.21. The van der Waals surface area contributed by atoms with Gasteiger partial charge in [-0.3, -0.25) is 4.79 Å². The molecule has 1 N–H and O–H groups in total. The largest absolute Gasteiger partial charge is 0.351 e. The molecular formula is C32H52N6O. The van der Waals surface area contributed by atoms with Gasteiger partial charge in [-0.15, -0.1) is 5.10 Å². The summed E-state index contributed by atoms with van der Waals surface area (Å²) in [6, 6.07) is 2.85. The summed E-state index contributed by atoms with van der Waals surface area (Å²) in [7, 11) is 2.15. The Balaban J connectivity index is 1.32. The van der Waals surface area contributed by atoms with Crippen molar-refractivity contribution in [2.45, 2.75) is 116 Å². The molecule has 7 nitrogen and oxygen atoms in total. The SMILES string of the molecule is CCCCC[C@H](C)Nc1ncc2c(C3CCC(C(=O)N4CCN(C)CC4)CC3)cc(C3CCC(C)CC3)n2n1. The van der Waals surface area contributed by atoms with E-state index in [9.17, 15) is 4.79 Å². The van der Waals surface area contributed by atoms with Crippen LogP contribution in [-0.2, 0) is 4.79 Å². The summed E-state index contributed by atoms with van der Waals surface area (Å²) in [4.78, 5) is 22.5. The maximum Gasteiger partial charge on any atom is 0.241 e. The van der Waals surface area contributed by atoms with E-state index in [1.807, 2.05) is 0 Å². The molecule has 2 aromatic rings. The van der Waals surface area contributed by atoms with Crippen molar-refractivity contribution in [1.29, 1.82) is 0 Å². The second kappa shape index (κ2) is 13.0. The average molecular weight is 537 g/mol. The number of nitrogens with zero attached hydrogens (tertiary/aromatic N) is 5. The smallest absolute Gasteiger partial charge is 0.241 e. The number of fused-ring (bicyclic) bond motifs is 1. The van der Waals surface area contributed by atoms with Gasteiger partial charge in [0.05, 0.1) is 11.7 Å². The second-order valence-corrected chi connectivity index (χ2v) is 13.1. The number of amides is 1. The first-order valence-corrected chi connectivity index (χ1v) is 16.0. The molecule has 0 unspecified atom stereocenters. The first-order valence-electron chi connectivity index (χ1n) is 16.0. The van der Waals surface area contributed by atoms with E-state index in [1.54, 1.807) is 0 Å². The molecule has 5 rings (SSSR count). The number of hydrogen-bond acceptors (Lipinski definition) is 5. The number of rotatable bonds is 9. The summed E-state index contributed by atoms with van der Waals surface area (Å²) in [5.74, 6) is 3.23. The van der Waals surface area contributed by atoms with Crippen LogP contribution in [0.4, 0.5) is 5.95 Å². The summed E-state index contributed by atoms with van der Waals surface area (Å²) in [5, 5.41) is 8.68. The minimum atomic E-state index is 0.194. The Morgan fingerprint density at radius 2 is 1.69 bits per heavy atom. The van der Waals surface area contributed by atoms with Crippen LogP contribution in [0.25, 0.3) is 5.52 Å². The first-order chi connectivity index (χ1) is 18.9. The van der Waals surface area contributed by atoms with Crippen LogP contribution < -0.4 is 5.32 Å². The molecule has 3 heterocycles. The van der Waals surface area contributed by atoms with E-state index >= 15 is 0 Å². The highest BCUT2D eigenvalue weighted by Gasteiger charge is 2.33. The standard InChI is InChI=1S/C32H52N6O/c1-5-6-7-8-24(3)34-32-33-22-30-28(21-29(38(30)35-32)26-11-9-23(2)10-12-26)25-13-15-27(16-14-25)31(39)37-19-17-36(4)18-20-37/h21-27H,5-20H2,1-4H3,(H,34,35)/t23?,24-,25?,26?,27?/m0/s1. The van der Waals surface area contributed by atoms with Crippen LogP contribution in [0.3, 0.4) is 0 Å². The van der Waals surface area contributed by atoms with Gasteiger partial charge in [-0.05, 0) is 82.4 Å². The monoisotopic (exact) mass is 536 g/mol. The number of carbonyl (C=O) groups excluding carboxylic acids is 1. The van der Waals surface area contributed by atoms with Gasteiger partial charge in [-0.2, -0.15) is 0 Å². The number of nitrogens with one attached hydrogen (secondary N) is 1. The van der Waals surface area contributed by atoms with Crippen molar-refractivity contribution >= 4 is 17.4 Å². The molecule has 1 aliphatic heterocycles. The number of anilines is 1. The Hall–Kier alpha value is -2.15. The van der Waals surface area contributed by atoms with E-state index < -0.39 is 0 Å². The molecule has 2 saturated carbocycles. The number of hydrogen-bond donors (Lipinski definition) is 1. The molecule has 216 valence electrons. The van der Waals surface area contributed by atoms with Gasteiger partial charge in [0.25, 0.3) is 0 Å². The third-order valence-electron chi connectivity index (χ3n) is 9.96. The Bertz CT molecular complexity index is 1070. The molecule has 3 fully saturated rings. The molecule has 39 heavy (non-hydrogen) atoms. The van der Waals surface area contributed by atoms with Crippen molar-refractivity contribution in [1.82, 2.24) is 24.4 Å². The van der Waals surface area contributed by atoms with Gasteiger partial charge in [0.2, 0.25) is 11.9 Å².